The van der Waals surface area contributed by atoms with Crippen LogP contribution in [0, 0.1) is 5.92 Å². The molecule has 1 heterocycles. The highest BCUT2D eigenvalue weighted by Gasteiger charge is 2.37. The molecule has 1 aliphatic rings. The lowest BCUT2D eigenvalue weighted by molar-refractivity contribution is 0.0830. The molecule has 0 saturated carbocycles. The molecule has 2 N–H and O–H groups in total. The number of carbonyl (C=O) groups excluding carboxylic acids is 1. The molecule has 4 nitrogen and oxygen atoms in total. The zero-order valence-electron chi connectivity index (χ0n) is 11.6. The van der Waals surface area contributed by atoms with E-state index in [1.54, 1.807) is 4.90 Å². The van der Waals surface area contributed by atoms with Crippen LogP contribution in [0.15, 0.2) is 30.3 Å². The lowest BCUT2D eigenvalue weighted by Gasteiger charge is -2.29. The molecule has 1 amide bonds. The zero-order valence-corrected chi connectivity index (χ0v) is 11.6. The van der Waals surface area contributed by atoms with Gasteiger partial charge in [-0.1, -0.05) is 44.2 Å². The van der Waals surface area contributed by atoms with E-state index in [4.69, 9.17) is 10.5 Å². The van der Waals surface area contributed by atoms with Crippen molar-refractivity contribution in [1.82, 2.24) is 4.90 Å². The molecule has 1 aromatic rings. The Labute approximate surface area is 114 Å². The van der Waals surface area contributed by atoms with Gasteiger partial charge in [0.1, 0.15) is 6.61 Å². The molecule has 1 fully saturated rings. The molecule has 0 bridgehead atoms. The minimum absolute atomic E-state index is 0.0595. The Hall–Kier alpha value is -1.55. The number of ether oxygens (including phenoxy) is 1. The number of likely N-dealkylation sites (tertiary alicyclic amines) is 1. The average molecular weight is 262 g/mol. The molecule has 0 radical (unpaired) electrons. The Morgan fingerprint density at radius 3 is 2.74 bits per heavy atom. The Kier molecular flexibility index (Phi) is 4.43. The van der Waals surface area contributed by atoms with Gasteiger partial charge in [-0.25, -0.2) is 4.79 Å². The van der Waals surface area contributed by atoms with E-state index in [0.717, 1.165) is 12.0 Å². The topological polar surface area (TPSA) is 55.6 Å². The molecule has 19 heavy (non-hydrogen) atoms. The summed E-state index contributed by atoms with van der Waals surface area (Å²) in [4.78, 5) is 13.9. The van der Waals surface area contributed by atoms with E-state index in [0.29, 0.717) is 19.1 Å². The van der Waals surface area contributed by atoms with Crippen LogP contribution < -0.4 is 5.73 Å². The largest absolute Gasteiger partial charge is 0.445 e. The molecule has 4 heteroatoms. The SMILES string of the molecule is CC(C)C1C(N)CCN1C(=O)OCc1ccccc1. The summed E-state index contributed by atoms with van der Waals surface area (Å²) in [6.07, 6.45) is 0.596. The van der Waals surface area contributed by atoms with Crippen molar-refractivity contribution in [2.75, 3.05) is 6.54 Å². The van der Waals surface area contributed by atoms with Crippen LogP contribution in [-0.2, 0) is 11.3 Å². The van der Waals surface area contributed by atoms with E-state index in [2.05, 4.69) is 13.8 Å². The van der Waals surface area contributed by atoms with Gasteiger partial charge in [0.2, 0.25) is 0 Å². The fourth-order valence-electron chi connectivity index (χ4n) is 2.71. The van der Waals surface area contributed by atoms with Crippen LogP contribution in [0.4, 0.5) is 4.79 Å². The molecule has 2 atom stereocenters. The Bertz CT molecular complexity index is 419. The molecule has 1 aromatic carbocycles. The third kappa shape index (κ3) is 3.26. The van der Waals surface area contributed by atoms with Crippen molar-refractivity contribution in [3.8, 4) is 0 Å². The van der Waals surface area contributed by atoms with Crippen LogP contribution in [-0.4, -0.2) is 29.6 Å². The van der Waals surface area contributed by atoms with E-state index in [9.17, 15) is 4.79 Å². The number of amides is 1. The van der Waals surface area contributed by atoms with Crippen LogP contribution in [0.25, 0.3) is 0 Å². The maximum atomic E-state index is 12.1. The predicted molar refractivity (Wildman–Crippen MR) is 74.6 cm³/mol. The number of nitrogens with zero attached hydrogens (tertiary/aromatic N) is 1. The Balaban J connectivity index is 1.93. The summed E-state index contributed by atoms with van der Waals surface area (Å²) in [6.45, 7) is 5.19. The minimum atomic E-state index is -0.254. The van der Waals surface area contributed by atoms with Gasteiger partial charge in [0.15, 0.2) is 0 Å². The van der Waals surface area contributed by atoms with Crippen molar-refractivity contribution in [2.24, 2.45) is 11.7 Å². The Morgan fingerprint density at radius 1 is 1.42 bits per heavy atom. The third-order valence-corrected chi connectivity index (χ3v) is 3.62. The second kappa shape index (κ2) is 6.06. The van der Waals surface area contributed by atoms with Crippen molar-refractivity contribution < 1.29 is 9.53 Å². The molecule has 1 saturated heterocycles. The van der Waals surface area contributed by atoms with E-state index >= 15 is 0 Å². The van der Waals surface area contributed by atoms with Gasteiger partial charge in [-0.3, -0.25) is 0 Å². The molecule has 0 aromatic heterocycles. The second-order valence-corrected chi connectivity index (χ2v) is 5.42. The summed E-state index contributed by atoms with van der Waals surface area (Å²) in [5.41, 5.74) is 7.07. The number of hydrogen-bond donors (Lipinski definition) is 1. The number of carbonyl (C=O) groups is 1. The first-order valence-corrected chi connectivity index (χ1v) is 6.82. The lowest BCUT2D eigenvalue weighted by Crippen LogP contribution is -2.46. The summed E-state index contributed by atoms with van der Waals surface area (Å²) >= 11 is 0. The van der Waals surface area contributed by atoms with Crippen LogP contribution >= 0.6 is 0 Å². The summed E-state index contributed by atoms with van der Waals surface area (Å²) < 4.78 is 5.37. The normalized spacial score (nSPS) is 22.8. The van der Waals surface area contributed by atoms with Gasteiger partial charge in [0, 0.05) is 12.6 Å². The standard InChI is InChI=1S/C15H22N2O2/c1-11(2)14-13(16)8-9-17(14)15(18)19-10-12-6-4-3-5-7-12/h3-7,11,13-14H,8-10,16H2,1-2H3. The van der Waals surface area contributed by atoms with Crippen LogP contribution in [0.5, 0.6) is 0 Å². The average Bonchev–Trinajstić information content (AvgIpc) is 2.79. The monoisotopic (exact) mass is 262 g/mol. The third-order valence-electron chi connectivity index (χ3n) is 3.62. The smallest absolute Gasteiger partial charge is 0.410 e. The second-order valence-electron chi connectivity index (χ2n) is 5.42. The first-order valence-electron chi connectivity index (χ1n) is 6.82. The molecule has 0 aliphatic carbocycles. The zero-order chi connectivity index (χ0) is 13.8. The van der Waals surface area contributed by atoms with E-state index in [1.165, 1.54) is 0 Å². The summed E-state index contributed by atoms with van der Waals surface area (Å²) in [5, 5.41) is 0. The first-order chi connectivity index (χ1) is 9.09. The molecule has 2 unspecified atom stereocenters. The van der Waals surface area contributed by atoms with Gasteiger partial charge in [-0.05, 0) is 17.9 Å². The van der Waals surface area contributed by atoms with Crippen molar-refractivity contribution in [1.29, 1.82) is 0 Å². The van der Waals surface area contributed by atoms with E-state index in [-0.39, 0.29) is 18.2 Å². The molecule has 0 spiro atoms. The van der Waals surface area contributed by atoms with Crippen molar-refractivity contribution in [3.63, 3.8) is 0 Å². The number of rotatable bonds is 3. The summed E-state index contributed by atoms with van der Waals surface area (Å²) in [5.74, 6) is 0.349. The lowest BCUT2D eigenvalue weighted by atomic mass is 9.98. The maximum Gasteiger partial charge on any atom is 0.410 e. The fraction of sp³-hybridized carbons (Fsp3) is 0.533. The van der Waals surface area contributed by atoms with Crippen molar-refractivity contribution in [3.05, 3.63) is 35.9 Å². The van der Waals surface area contributed by atoms with Gasteiger partial charge >= 0.3 is 6.09 Å². The fourth-order valence-corrected chi connectivity index (χ4v) is 2.71. The van der Waals surface area contributed by atoms with Gasteiger partial charge < -0.3 is 15.4 Å². The summed E-state index contributed by atoms with van der Waals surface area (Å²) in [7, 11) is 0. The van der Waals surface area contributed by atoms with Crippen LogP contribution in [0.1, 0.15) is 25.8 Å². The van der Waals surface area contributed by atoms with Gasteiger partial charge in [0.25, 0.3) is 0 Å². The van der Waals surface area contributed by atoms with E-state index in [1.807, 2.05) is 30.3 Å². The Morgan fingerprint density at radius 2 is 2.11 bits per heavy atom. The first kappa shape index (κ1) is 13.9. The minimum Gasteiger partial charge on any atom is -0.445 e. The van der Waals surface area contributed by atoms with Gasteiger partial charge in [-0.2, -0.15) is 0 Å². The van der Waals surface area contributed by atoms with Crippen LogP contribution in [0.3, 0.4) is 0 Å². The molecule has 104 valence electrons. The highest BCUT2D eigenvalue weighted by atomic mass is 16.6. The van der Waals surface area contributed by atoms with Crippen LogP contribution in [0.2, 0.25) is 0 Å². The number of nitrogens with two attached hydrogens (primary N) is 1. The quantitative estimate of drug-likeness (QED) is 0.910. The molecular formula is C15H22N2O2. The predicted octanol–water partition coefficient (Wildman–Crippen LogP) is 2.38. The van der Waals surface area contributed by atoms with Gasteiger partial charge in [0.05, 0.1) is 6.04 Å². The summed E-state index contributed by atoms with van der Waals surface area (Å²) in [6, 6.07) is 9.86. The molecule has 1 aliphatic heterocycles. The molecule has 2 rings (SSSR count). The van der Waals surface area contributed by atoms with Crippen molar-refractivity contribution in [2.45, 2.75) is 39.0 Å². The van der Waals surface area contributed by atoms with E-state index < -0.39 is 0 Å². The maximum absolute atomic E-state index is 12.1. The molecular weight excluding hydrogens is 240 g/mol. The highest BCUT2D eigenvalue weighted by molar-refractivity contribution is 5.68. The van der Waals surface area contributed by atoms with Crippen molar-refractivity contribution >= 4 is 6.09 Å². The van der Waals surface area contributed by atoms with Gasteiger partial charge in [-0.15, -0.1) is 0 Å². The number of hydrogen-bond acceptors (Lipinski definition) is 3. The number of benzene rings is 1. The highest BCUT2D eigenvalue weighted by Crippen LogP contribution is 2.24.